The summed E-state index contributed by atoms with van der Waals surface area (Å²) >= 11 is 0. The summed E-state index contributed by atoms with van der Waals surface area (Å²) in [6, 6.07) is 1.87. The lowest BCUT2D eigenvalue weighted by molar-refractivity contribution is -0.127. The minimum atomic E-state index is -0.663. The first-order valence-electron chi connectivity index (χ1n) is 5.09. The molecule has 2 N–H and O–H groups in total. The molecule has 0 saturated carbocycles. The maximum absolute atomic E-state index is 11.3. The van der Waals surface area contributed by atoms with Crippen molar-refractivity contribution in [2.45, 2.75) is 26.7 Å². The minimum Gasteiger partial charge on any atom is -0.355 e. The predicted octanol–water partition coefficient (Wildman–Crippen LogP) is 0.179. The van der Waals surface area contributed by atoms with Crippen molar-refractivity contribution in [3.63, 3.8) is 0 Å². The highest BCUT2D eigenvalue weighted by Crippen LogP contribution is 1.98. The molecule has 2 amide bonds. The summed E-state index contributed by atoms with van der Waals surface area (Å²) < 4.78 is 0. The quantitative estimate of drug-likeness (QED) is 0.657. The Morgan fingerprint density at radius 2 is 2.00 bits per heavy atom. The van der Waals surface area contributed by atoms with Crippen LogP contribution in [0.3, 0.4) is 0 Å². The van der Waals surface area contributed by atoms with Gasteiger partial charge < -0.3 is 10.6 Å². The van der Waals surface area contributed by atoms with Crippen LogP contribution in [0.4, 0.5) is 0 Å². The third-order valence-electron chi connectivity index (χ3n) is 1.88. The highest BCUT2D eigenvalue weighted by Gasteiger charge is 2.15. The standard InChI is InChI=1S/C10H17N3O2/c1-3-5-12-9(14)7-13-10(15)8(4-2)6-11/h8H,3-5,7H2,1-2H3,(H,12,14)(H,13,15). The number of nitrogens with zero attached hydrogens (tertiary/aromatic N) is 1. The second-order valence-corrected chi connectivity index (χ2v) is 3.16. The maximum atomic E-state index is 11.3. The van der Waals surface area contributed by atoms with Gasteiger partial charge in [0.1, 0.15) is 5.92 Å². The van der Waals surface area contributed by atoms with E-state index >= 15 is 0 Å². The first kappa shape index (κ1) is 13.4. The lowest BCUT2D eigenvalue weighted by atomic mass is 10.1. The third kappa shape index (κ3) is 5.68. The van der Waals surface area contributed by atoms with Crippen LogP contribution in [0.1, 0.15) is 26.7 Å². The van der Waals surface area contributed by atoms with E-state index in [0.717, 1.165) is 6.42 Å². The van der Waals surface area contributed by atoms with Crippen LogP contribution in [0.15, 0.2) is 0 Å². The maximum Gasteiger partial charge on any atom is 0.239 e. The SMILES string of the molecule is CCCNC(=O)CNC(=O)C(C#N)CC. The van der Waals surface area contributed by atoms with Crippen molar-refractivity contribution in [3.05, 3.63) is 0 Å². The molecule has 0 rings (SSSR count). The van der Waals surface area contributed by atoms with Gasteiger partial charge in [0.05, 0.1) is 12.6 Å². The van der Waals surface area contributed by atoms with Gasteiger partial charge in [0.2, 0.25) is 11.8 Å². The number of hydrogen-bond donors (Lipinski definition) is 2. The molecule has 0 aromatic carbocycles. The van der Waals surface area contributed by atoms with Gasteiger partial charge in [-0.25, -0.2) is 0 Å². The van der Waals surface area contributed by atoms with Crippen molar-refractivity contribution in [2.75, 3.05) is 13.1 Å². The molecule has 0 spiro atoms. The molecule has 0 heterocycles. The van der Waals surface area contributed by atoms with Gasteiger partial charge in [-0.15, -0.1) is 0 Å². The van der Waals surface area contributed by atoms with Crippen molar-refractivity contribution in [1.82, 2.24) is 10.6 Å². The molecule has 5 heteroatoms. The molecule has 1 atom stereocenters. The van der Waals surface area contributed by atoms with E-state index in [1.165, 1.54) is 0 Å². The number of nitriles is 1. The van der Waals surface area contributed by atoms with Gasteiger partial charge in [-0.3, -0.25) is 9.59 Å². The Morgan fingerprint density at radius 1 is 1.33 bits per heavy atom. The van der Waals surface area contributed by atoms with Crippen molar-refractivity contribution in [1.29, 1.82) is 5.26 Å². The van der Waals surface area contributed by atoms with Crippen LogP contribution in [0.25, 0.3) is 0 Å². The first-order chi connectivity index (χ1) is 7.15. The molecule has 0 aliphatic carbocycles. The average molecular weight is 211 g/mol. The Balaban J connectivity index is 3.80. The molecule has 0 radical (unpaired) electrons. The molecule has 0 fully saturated rings. The van der Waals surface area contributed by atoms with Gasteiger partial charge in [0.25, 0.3) is 0 Å². The van der Waals surface area contributed by atoms with Crippen LogP contribution in [-0.4, -0.2) is 24.9 Å². The van der Waals surface area contributed by atoms with Crippen LogP contribution in [0.5, 0.6) is 0 Å². The Hall–Kier alpha value is -1.57. The van der Waals surface area contributed by atoms with E-state index in [1.807, 2.05) is 13.0 Å². The van der Waals surface area contributed by atoms with E-state index in [-0.39, 0.29) is 18.4 Å². The molecular weight excluding hydrogens is 194 g/mol. The Labute approximate surface area is 89.8 Å². The topological polar surface area (TPSA) is 82.0 Å². The summed E-state index contributed by atoms with van der Waals surface area (Å²) in [5.74, 6) is -1.27. The zero-order valence-electron chi connectivity index (χ0n) is 9.17. The van der Waals surface area contributed by atoms with Crippen LogP contribution < -0.4 is 10.6 Å². The third-order valence-corrected chi connectivity index (χ3v) is 1.88. The molecule has 5 nitrogen and oxygen atoms in total. The number of amides is 2. The van der Waals surface area contributed by atoms with Crippen molar-refractivity contribution in [3.8, 4) is 6.07 Å². The summed E-state index contributed by atoms with van der Waals surface area (Å²) in [5, 5.41) is 13.6. The fourth-order valence-corrected chi connectivity index (χ4v) is 0.953. The van der Waals surface area contributed by atoms with Crippen molar-refractivity contribution < 1.29 is 9.59 Å². The number of rotatable bonds is 6. The zero-order chi connectivity index (χ0) is 11.7. The minimum absolute atomic E-state index is 0.0585. The van der Waals surface area contributed by atoms with Crippen LogP contribution in [-0.2, 0) is 9.59 Å². The summed E-state index contributed by atoms with van der Waals surface area (Å²) in [6.07, 6.45) is 1.31. The molecule has 15 heavy (non-hydrogen) atoms. The lowest BCUT2D eigenvalue weighted by Crippen LogP contribution is -2.39. The molecule has 0 aromatic rings. The number of carbonyl (C=O) groups excluding carboxylic acids is 2. The average Bonchev–Trinajstić information content (AvgIpc) is 2.25. The van der Waals surface area contributed by atoms with Crippen molar-refractivity contribution in [2.24, 2.45) is 5.92 Å². The molecular formula is C10H17N3O2. The van der Waals surface area contributed by atoms with E-state index < -0.39 is 5.92 Å². The molecule has 0 bridgehead atoms. The smallest absolute Gasteiger partial charge is 0.239 e. The van der Waals surface area contributed by atoms with Gasteiger partial charge in [-0.1, -0.05) is 13.8 Å². The summed E-state index contributed by atoms with van der Waals surface area (Å²) in [7, 11) is 0. The van der Waals surface area contributed by atoms with E-state index in [0.29, 0.717) is 13.0 Å². The fraction of sp³-hybridized carbons (Fsp3) is 0.700. The lowest BCUT2D eigenvalue weighted by Gasteiger charge is -2.08. The number of carbonyl (C=O) groups is 2. The first-order valence-corrected chi connectivity index (χ1v) is 5.09. The van der Waals surface area contributed by atoms with Gasteiger partial charge >= 0.3 is 0 Å². The Morgan fingerprint density at radius 3 is 2.47 bits per heavy atom. The highest BCUT2D eigenvalue weighted by molar-refractivity contribution is 5.86. The van der Waals surface area contributed by atoms with Gasteiger partial charge in [0.15, 0.2) is 0 Å². The monoisotopic (exact) mass is 211 g/mol. The second-order valence-electron chi connectivity index (χ2n) is 3.16. The molecule has 0 saturated heterocycles. The van der Waals surface area contributed by atoms with Crippen molar-refractivity contribution >= 4 is 11.8 Å². The fourth-order valence-electron chi connectivity index (χ4n) is 0.953. The van der Waals surface area contributed by atoms with E-state index in [9.17, 15) is 9.59 Å². The normalized spacial score (nSPS) is 11.3. The number of nitrogens with one attached hydrogen (secondary N) is 2. The molecule has 0 aliphatic heterocycles. The summed E-state index contributed by atoms with van der Waals surface area (Å²) in [6.45, 7) is 4.24. The summed E-state index contributed by atoms with van der Waals surface area (Å²) in [4.78, 5) is 22.4. The highest BCUT2D eigenvalue weighted by atomic mass is 16.2. The predicted molar refractivity (Wildman–Crippen MR) is 55.7 cm³/mol. The van der Waals surface area contributed by atoms with Gasteiger partial charge in [-0.2, -0.15) is 5.26 Å². The summed E-state index contributed by atoms with van der Waals surface area (Å²) in [5.41, 5.74) is 0. The largest absolute Gasteiger partial charge is 0.355 e. The molecule has 1 unspecified atom stereocenters. The van der Waals surface area contributed by atoms with Crippen LogP contribution in [0, 0.1) is 17.2 Å². The van der Waals surface area contributed by atoms with Crippen LogP contribution in [0.2, 0.25) is 0 Å². The Bertz CT molecular complexity index is 258. The molecule has 0 aliphatic rings. The molecule has 0 aromatic heterocycles. The van der Waals surface area contributed by atoms with E-state index in [1.54, 1.807) is 6.92 Å². The zero-order valence-corrected chi connectivity index (χ0v) is 9.17. The van der Waals surface area contributed by atoms with E-state index in [2.05, 4.69) is 10.6 Å². The Kier molecular flexibility index (Phi) is 6.98. The second kappa shape index (κ2) is 7.80. The van der Waals surface area contributed by atoms with Crippen LogP contribution >= 0.6 is 0 Å². The molecule has 84 valence electrons. The van der Waals surface area contributed by atoms with Gasteiger partial charge in [-0.05, 0) is 12.8 Å². The number of hydrogen-bond acceptors (Lipinski definition) is 3. The van der Waals surface area contributed by atoms with E-state index in [4.69, 9.17) is 5.26 Å². The van der Waals surface area contributed by atoms with Gasteiger partial charge in [0, 0.05) is 6.54 Å².